The molecular weight excluding hydrogens is 448 g/mol. The summed E-state index contributed by atoms with van der Waals surface area (Å²) in [5, 5.41) is 2.76. The Morgan fingerprint density at radius 3 is 2.40 bits per heavy atom. The predicted octanol–water partition coefficient (Wildman–Crippen LogP) is 4.64. The summed E-state index contributed by atoms with van der Waals surface area (Å²) < 4.78 is 30.6. The molecule has 0 atom stereocenters. The van der Waals surface area contributed by atoms with Crippen LogP contribution in [0.25, 0.3) is 11.1 Å². The number of anilines is 2. The molecule has 3 aromatic rings. The number of nitrogens with one attached hydrogen (secondary N) is 1. The first kappa shape index (κ1) is 21.9. The van der Waals surface area contributed by atoms with E-state index in [4.69, 9.17) is 0 Å². The fraction of sp³-hybridized carbons (Fsp3) is 0.286. The topological polar surface area (TPSA) is 52.7 Å². The molecule has 5 nitrogen and oxygen atoms in total. The molecule has 0 radical (unpaired) electrons. The van der Waals surface area contributed by atoms with Crippen molar-refractivity contribution in [2.45, 2.75) is 31.2 Å². The van der Waals surface area contributed by atoms with Crippen LogP contribution in [-0.2, 0) is 28.0 Å². The second kappa shape index (κ2) is 7.99. The Hall–Kier alpha value is -3.58. The summed E-state index contributed by atoms with van der Waals surface area (Å²) in [7, 11) is 2.04. The van der Waals surface area contributed by atoms with E-state index in [1.54, 1.807) is 23.1 Å². The summed E-state index contributed by atoms with van der Waals surface area (Å²) >= 11 is 0. The Kier molecular flexibility index (Phi) is 5.00. The molecule has 178 valence electrons. The summed E-state index contributed by atoms with van der Waals surface area (Å²) in [5.41, 5.74) is 3.50. The highest BCUT2D eigenvalue weighted by molar-refractivity contribution is 6.08. The molecule has 0 aromatic heterocycles. The van der Waals surface area contributed by atoms with E-state index in [2.05, 4.69) is 10.2 Å². The van der Waals surface area contributed by atoms with Crippen molar-refractivity contribution in [3.63, 3.8) is 0 Å². The van der Waals surface area contributed by atoms with Gasteiger partial charge >= 0.3 is 0 Å². The van der Waals surface area contributed by atoms with Crippen molar-refractivity contribution >= 4 is 23.2 Å². The number of fused-ring (bicyclic) bond motifs is 3. The normalized spacial score (nSPS) is 18.7. The van der Waals surface area contributed by atoms with E-state index < -0.39 is 17.0 Å². The smallest absolute Gasteiger partial charge is 0.238 e. The van der Waals surface area contributed by atoms with Crippen LogP contribution in [0.3, 0.4) is 0 Å². The molecule has 3 heterocycles. The van der Waals surface area contributed by atoms with Crippen molar-refractivity contribution < 1.29 is 18.4 Å². The summed E-state index contributed by atoms with van der Waals surface area (Å²) in [4.78, 5) is 29.1. The SMILES string of the molecule is CN1CCC2(CC1)C(=O)N(Cc1c(F)cc(-c3ccc4c(c3)CC(=O)N4)cc1F)c1ccccc12. The Morgan fingerprint density at radius 2 is 1.66 bits per heavy atom. The summed E-state index contributed by atoms with van der Waals surface area (Å²) in [5.74, 6) is -1.55. The van der Waals surface area contributed by atoms with Crippen LogP contribution in [0.5, 0.6) is 0 Å². The van der Waals surface area contributed by atoms with Gasteiger partial charge in [-0.05, 0) is 85.6 Å². The summed E-state index contributed by atoms with van der Waals surface area (Å²) in [6, 6.07) is 15.5. The molecule has 3 aliphatic heterocycles. The summed E-state index contributed by atoms with van der Waals surface area (Å²) in [6.45, 7) is 1.44. The van der Waals surface area contributed by atoms with E-state index in [1.807, 2.05) is 31.3 Å². The van der Waals surface area contributed by atoms with Gasteiger partial charge in [0.2, 0.25) is 11.8 Å². The number of para-hydroxylation sites is 1. The van der Waals surface area contributed by atoms with Gasteiger partial charge in [-0.3, -0.25) is 9.59 Å². The van der Waals surface area contributed by atoms with Crippen molar-refractivity contribution in [3.8, 4) is 11.1 Å². The van der Waals surface area contributed by atoms with E-state index in [-0.39, 0.29) is 30.3 Å². The second-order valence-corrected chi connectivity index (χ2v) is 9.81. The molecule has 1 N–H and O–H groups in total. The highest BCUT2D eigenvalue weighted by Crippen LogP contribution is 2.48. The van der Waals surface area contributed by atoms with Crippen LogP contribution >= 0.6 is 0 Å². The van der Waals surface area contributed by atoms with Crippen molar-refractivity contribution in [1.29, 1.82) is 0 Å². The molecule has 0 saturated carbocycles. The average Bonchev–Trinajstić information content (AvgIpc) is 3.32. The molecule has 1 spiro atoms. The minimum atomic E-state index is -0.690. The maximum absolute atomic E-state index is 15.3. The lowest BCUT2D eigenvalue weighted by Gasteiger charge is -2.36. The molecule has 1 fully saturated rings. The Bertz CT molecular complexity index is 1360. The lowest BCUT2D eigenvalue weighted by atomic mass is 9.74. The van der Waals surface area contributed by atoms with E-state index in [0.717, 1.165) is 35.6 Å². The number of nitrogens with zero attached hydrogens (tertiary/aromatic N) is 2. The molecular formula is C28H25F2N3O2. The molecule has 0 unspecified atom stereocenters. The third-order valence-electron chi connectivity index (χ3n) is 7.73. The van der Waals surface area contributed by atoms with Crippen molar-refractivity contribution in [1.82, 2.24) is 4.90 Å². The van der Waals surface area contributed by atoms with Crippen LogP contribution in [-0.4, -0.2) is 36.9 Å². The van der Waals surface area contributed by atoms with Crippen LogP contribution in [0.4, 0.5) is 20.2 Å². The van der Waals surface area contributed by atoms with Crippen molar-refractivity contribution in [2.24, 2.45) is 0 Å². The molecule has 1 saturated heterocycles. The minimum Gasteiger partial charge on any atom is -0.326 e. The summed E-state index contributed by atoms with van der Waals surface area (Å²) in [6.07, 6.45) is 1.63. The second-order valence-electron chi connectivity index (χ2n) is 9.81. The molecule has 3 aliphatic rings. The van der Waals surface area contributed by atoms with Gasteiger partial charge in [0.15, 0.2) is 0 Å². The third kappa shape index (κ3) is 3.45. The monoisotopic (exact) mass is 473 g/mol. The van der Waals surface area contributed by atoms with E-state index in [0.29, 0.717) is 24.0 Å². The number of hydrogen-bond acceptors (Lipinski definition) is 3. The lowest BCUT2D eigenvalue weighted by Crippen LogP contribution is -2.47. The third-order valence-corrected chi connectivity index (χ3v) is 7.73. The number of halogens is 2. The number of likely N-dealkylation sites (tertiary alicyclic amines) is 1. The van der Waals surface area contributed by atoms with Crippen LogP contribution in [0.1, 0.15) is 29.5 Å². The first-order chi connectivity index (χ1) is 16.9. The molecule has 7 heteroatoms. The molecule has 6 rings (SSSR count). The van der Waals surface area contributed by atoms with Gasteiger partial charge in [0.25, 0.3) is 0 Å². The van der Waals surface area contributed by atoms with Crippen LogP contribution in [0, 0.1) is 11.6 Å². The zero-order valence-corrected chi connectivity index (χ0v) is 19.4. The van der Waals surface area contributed by atoms with Crippen molar-refractivity contribution in [3.05, 3.63) is 82.9 Å². The van der Waals surface area contributed by atoms with Crippen molar-refractivity contribution in [2.75, 3.05) is 30.4 Å². The van der Waals surface area contributed by atoms with Crippen LogP contribution in [0.15, 0.2) is 54.6 Å². The van der Waals surface area contributed by atoms with E-state index in [9.17, 15) is 9.59 Å². The Morgan fingerprint density at radius 1 is 0.943 bits per heavy atom. The number of piperidine rings is 1. The van der Waals surface area contributed by atoms with Crippen LogP contribution < -0.4 is 10.2 Å². The largest absolute Gasteiger partial charge is 0.326 e. The zero-order chi connectivity index (χ0) is 24.3. The minimum absolute atomic E-state index is 0.0783. The number of carbonyl (C=O) groups is 2. The Labute approximate surface area is 202 Å². The predicted molar refractivity (Wildman–Crippen MR) is 130 cm³/mol. The number of amides is 2. The highest BCUT2D eigenvalue weighted by atomic mass is 19.1. The van der Waals surface area contributed by atoms with Gasteiger partial charge in [0, 0.05) is 16.9 Å². The lowest BCUT2D eigenvalue weighted by molar-refractivity contribution is -0.125. The molecule has 2 amide bonds. The van der Waals surface area contributed by atoms with Gasteiger partial charge in [-0.25, -0.2) is 8.78 Å². The van der Waals surface area contributed by atoms with Gasteiger partial charge in [0.05, 0.1) is 18.4 Å². The number of hydrogen-bond donors (Lipinski definition) is 1. The fourth-order valence-corrected chi connectivity index (χ4v) is 5.72. The zero-order valence-electron chi connectivity index (χ0n) is 19.4. The van der Waals surface area contributed by atoms with Gasteiger partial charge < -0.3 is 15.1 Å². The maximum Gasteiger partial charge on any atom is 0.238 e. The van der Waals surface area contributed by atoms with Gasteiger partial charge in [-0.1, -0.05) is 24.3 Å². The van der Waals surface area contributed by atoms with E-state index >= 15 is 8.78 Å². The average molecular weight is 474 g/mol. The first-order valence-corrected chi connectivity index (χ1v) is 11.9. The van der Waals surface area contributed by atoms with Crippen LogP contribution in [0.2, 0.25) is 0 Å². The molecule has 3 aromatic carbocycles. The molecule has 0 aliphatic carbocycles. The Balaban J connectivity index is 1.33. The van der Waals surface area contributed by atoms with E-state index in [1.165, 1.54) is 12.1 Å². The highest BCUT2D eigenvalue weighted by Gasteiger charge is 2.51. The van der Waals surface area contributed by atoms with Gasteiger partial charge in [-0.2, -0.15) is 0 Å². The number of benzene rings is 3. The first-order valence-electron chi connectivity index (χ1n) is 11.9. The quantitative estimate of drug-likeness (QED) is 0.603. The molecule has 0 bridgehead atoms. The number of rotatable bonds is 3. The fourth-order valence-electron chi connectivity index (χ4n) is 5.72. The molecule has 35 heavy (non-hydrogen) atoms. The standard InChI is InChI=1S/C28H25F2N3O2/c1-32-10-8-28(9-11-32)21-4-2-3-5-25(21)33(27(28)35)16-20-22(29)13-18(14-23(20)30)17-6-7-24-19(12-17)15-26(34)31-24/h2-7,12-14H,8-11,15-16H2,1H3,(H,31,34). The number of carbonyl (C=O) groups excluding carboxylic acids is 2. The van der Waals surface area contributed by atoms with Gasteiger partial charge in [-0.15, -0.1) is 0 Å². The van der Waals surface area contributed by atoms with Gasteiger partial charge in [0.1, 0.15) is 11.6 Å². The maximum atomic E-state index is 15.3.